The molecular weight excluding hydrogens is 498 g/mol. The molecule has 0 unspecified atom stereocenters. The lowest BCUT2D eigenvalue weighted by Crippen LogP contribution is -2.70. The zero-order valence-electron chi connectivity index (χ0n) is 22.8. The fourth-order valence-electron chi connectivity index (χ4n) is 8.27. The van der Waals surface area contributed by atoms with Crippen LogP contribution in [0, 0.1) is 28.6 Å². The number of esters is 2. The van der Waals surface area contributed by atoms with Gasteiger partial charge in [-0.05, 0) is 56.6 Å². The first kappa shape index (κ1) is 28.6. The van der Waals surface area contributed by atoms with Crippen molar-refractivity contribution in [3.63, 3.8) is 0 Å². The SMILES string of the molecule is CCCC(=O)O[C@@]1(C(=O)COC(=O)CC)[C@@H](C)C[C@H]2[C@@H]3CCC4=C(F)C(=O)C=C[C@]4(C)[C@@]3(F)[C@@H](O)C[C@@]21C. The van der Waals surface area contributed by atoms with Crippen molar-refractivity contribution in [1.82, 2.24) is 0 Å². The Hall–Kier alpha value is -2.42. The predicted molar refractivity (Wildman–Crippen MR) is 133 cm³/mol. The predicted octanol–water partition coefficient (Wildman–Crippen LogP) is 4.50. The van der Waals surface area contributed by atoms with E-state index < -0.39 is 81.9 Å². The molecule has 0 aromatic heterocycles. The van der Waals surface area contributed by atoms with Gasteiger partial charge in [0.05, 0.1) is 6.10 Å². The van der Waals surface area contributed by atoms with E-state index >= 15 is 4.39 Å². The van der Waals surface area contributed by atoms with Crippen LogP contribution in [0.1, 0.15) is 79.6 Å². The summed E-state index contributed by atoms with van der Waals surface area (Å²) in [5.41, 5.74) is -6.69. The van der Waals surface area contributed by atoms with Crippen LogP contribution in [0.5, 0.6) is 0 Å². The molecule has 0 spiro atoms. The summed E-state index contributed by atoms with van der Waals surface area (Å²) in [6, 6.07) is 0. The smallest absolute Gasteiger partial charge is 0.306 e. The normalized spacial score (nSPS) is 41.7. The Morgan fingerprint density at radius 1 is 1.16 bits per heavy atom. The maximum absolute atomic E-state index is 17.4. The second kappa shape index (κ2) is 9.65. The lowest BCUT2D eigenvalue weighted by molar-refractivity contribution is -0.229. The molecule has 38 heavy (non-hydrogen) atoms. The molecule has 0 saturated heterocycles. The van der Waals surface area contributed by atoms with Crippen LogP contribution in [0.15, 0.2) is 23.6 Å². The van der Waals surface area contributed by atoms with Crippen LogP contribution in [-0.2, 0) is 28.7 Å². The maximum atomic E-state index is 17.4. The molecule has 0 aromatic rings. The first-order valence-electron chi connectivity index (χ1n) is 13.6. The minimum atomic E-state index is -2.31. The van der Waals surface area contributed by atoms with Crippen LogP contribution in [0.25, 0.3) is 0 Å². The number of alkyl halides is 1. The molecule has 0 aliphatic heterocycles. The number of aliphatic hydroxyl groups excluding tert-OH is 1. The average Bonchev–Trinajstić information content (AvgIpc) is 3.08. The number of hydrogen-bond donors (Lipinski definition) is 1. The Morgan fingerprint density at radius 3 is 2.47 bits per heavy atom. The fraction of sp³-hybridized carbons (Fsp3) is 0.724. The molecule has 0 heterocycles. The van der Waals surface area contributed by atoms with E-state index in [1.165, 1.54) is 13.0 Å². The molecule has 0 bridgehead atoms. The number of ether oxygens (including phenoxy) is 2. The molecule has 8 atom stereocenters. The molecule has 0 amide bonds. The third-order valence-corrected chi connectivity index (χ3v) is 10.1. The van der Waals surface area contributed by atoms with Gasteiger partial charge in [0.25, 0.3) is 0 Å². The van der Waals surface area contributed by atoms with Crippen LogP contribution < -0.4 is 0 Å². The van der Waals surface area contributed by atoms with Gasteiger partial charge in [0.2, 0.25) is 11.6 Å². The topological polar surface area (TPSA) is 107 Å². The molecule has 4 rings (SSSR count). The van der Waals surface area contributed by atoms with Gasteiger partial charge >= 0.3 is 11.9 Å². The summed E-state index contributed by atoms with van der Waals surface area (Å²) in [5.74, 6) is -5.37. The Kier molecular flexibility index (Phi) is 7.26. The van der Waals surface area contributed by atoms with Crippen LogP contribution in [0.2, 0.25) is 0 Å². The first-order valence-corrected chi connectivity index (χ1v) is 13.6. The molecule has 210 valence electrons. The van der Waals surface area contributed by atoms with Crippen molar-refractivity contribution in [2.75, 3.05) is 6.61 Å². The van der Waals surface area contributed by atoms with Gasteiger partial charge in [-0.3, -0.25) is 19.2 Å². The third-order valence-electron chi connectivity index (χ3n) is 10.1. The van der Waals surface area contributed by atoms with Gasteiger partial charge in [0.15, 0.2) is 23.7 Å². The van der Waals surface area contributed by atoms with Crippen LogP contribution in [-0.4, -0.2) is 52.6 Å². The van der Waals surface area contributed by atoms with Crippen molar-refractivity contribution in [3.05, 3.63) is 23.6 Å². The number of allylic oxidation sites excluding steroid dienone is 4. The highest BCUT2D eigenvalue weighted by molar-refractivity contribution is 6.04. The van der Waals surface area contributed by atoms with E-state index in [4.69, 9.17) is 9.47 Å². The molecule has 4 aliphatic carbocycles. The molecule has 1 N–H and O–H groups in total. The second-order valence-electron chi connectivity index (χ2n) is 11.9. The van der Waals surface area contributed by atoms with Crippen molar-refractivity contribution >= 4 is 23.5 Å². The zero-order valence-corrected chi connectivity index (χ0v) is 22.8. The summed E-state index contributed by atoms with van der Waals surface area (Å²) < 4.78 is 43.6. The molecule has 7 nitrogen and oxygen atoms in total. The van der Waals surface area contributed by atoms with E-state index in [1.807, 2.05) is 0 Å². The number of Topliss-reactive ketones (excluding diaryl/α,β-unsaturated/α-hetero) is 1. The van der Waals surface area contributed by atoms with Crippen molar-refractivity contribution in [1.29, 1.82) is 0 Å². The van der Waals surface area contributed by atoms with Gasteiger partial charge in [0, 0.05) is 35.5 Å². The summed E-state index contributed by atoms with van der Waals surface area (Å²) in [6.45, 7) is 7.84. The Bertz CT molecular complexity index is 1110. The number of rotatable bonds is 7. The number of fused-ring (bicyclic) bond motifs is 5. The summed E-state index contributed by atoms with van der Waals surface area (Å²) in [5, 5.41) is 11.6. The number of carbonyl (C=O) groups is 4. The van der Waals surface area contributed by atoms with E-state index in [0.29, 0.717) is 12.8 Å². The maximum Gasteiger partial charge on any atom is 0.306 e. The molecule has 0 radical (unpaired) electrons. The standard InChI is InChI=1S/C29H38F2O7/c1-6-8-24(36)38-29(22(34)15-37-23(35)7-2)16(3)13-19-17-9-10-18-25(30)20(32)11-12-26(18,4)28(17,31)21(33)14-27(19,29)5/h11-12,16-17,19,21,33H,6-10,13-15H2,1-5H3/t16-,17-,19-,21-,26-,27-,28-,29+/m0/s1. The highest BCUT2D eigenvalue weighted by atomic mass is 19.1. The quantitative estimate of drug-likeness (QED) is 0.477. The molecule has 4 aliphatic rings. The second-order valence-corrected chi connectivity index (χ2v) is 11.9. The third kappa shape index (κ3) is 3.67. The van der Waals surface area contributed by atoms with Crippen molar-refractivity contribution < 1.29 is 42.5 Å². The molecular formula is C29H38F2O7. The van der Waals surface area contributed by atoms with Crippen LogP contribution >= 0.6 is 0 Å². The highest BCUT2D eigenvalue weighted by Crippen LogP contribution is 2.71. The highest BCUT2D eigenvalue weighted by Gasteiger charge is 2.77. The van der Waals surface area contributed by atoms with Crippen LogP contribution in [0.4, 0.5) is 8.78 Å². The van der Waals surface area contributed by atoms with E-state index in [1.54, 1.807) is 27.7 Å². The average molecular weight is 537 g/mol. The monoisotopic (exact) mass is 536 g/mol. The van der Waals surface area contributed by atoms with Gasteiger partial charge in [-0.1, -0.05) is 33.8 Å². The van der Waals surface area contributed by atoms with Gasteiger partial charge < -0.3 is 14.6 Å². The number of halogens is 2. The van der Waals surface area contributed by atoms with E-state index in [0.717, 1.165) is 6.08 Å². The summed E-state index contributed by atoms with van der Waals surface area (Å²) >= 11 is 0. The van der Waals surface area contributed by atoms with Crippen molar-refractivity contribution in [3.8, 4) is 0 Å². The van der Waals surface area contributed by atoms with E-state index in [9.17, 15) is 28.7 Å². The minimum Gasteiger partial charge on any atom is -0.457 e. The molecule has 3 fully saturated rings. The molecule has 0 aromatic carbocycles. The number of carbonyl (C=O) groups excluding carboxylic acids is 4. The summed E-state index contributed by atoms with van der Waals surface area (Å²) in [6.07, 6.45) is 1.78. The number of ketones is 2. The summed E-state index contributed by atoms with van der Waals surface area (Å²) in [7, 11) is 0. The Labute approximate surface area is 222 Å². The lowest BCUT2D eigenvalue weighted by Gasteiger charge is -2.62. The van der Waals surface area contributed by atoms with Gasteiger partial charge in [-0.2, -0.15) is 0 Å². The lowest BCUT2D eigenvalue weighted by atomic mass is 9.44. The molecule has 3 saturated carbocycles. The van der Waals surface area contributed by atoms with Crippen LogP contribution in [0.3, 0.4) is 0 Å². The molecule has 9 heteroatoms. The Morgan fingerprint density at radius 2 is 1.84 bits per heavy atom. The van der Waals surface area contributed by atoms with Crippen molar-refractivity contribution in [2.45, 2.75) is 96.9 Å². The summed E-state index contributed by atoms with van der Waals surface area (Å²) in [4.78, 5) is 50.7. The van der Waals surface area contributed by atoms with E-state index in [2.05, 4.69) is 0 Å². The number of aliphatic hydroxyl groups is 1. The fourth-order valence-corrected chi connectivity index (χ4v) is 8.27. The van der Waals surface area contributed by atoms with Crippen molar-refractivity contribution in [2.24, 2.45) is 28.6 Å². The van der Waals surface area contributed by atoms with Gasteiger partial charge in [0.1, 0.15) is 0 Å². The minimum absolute atomic E-state index is 0.0561. The zero-order chi connectivity index (χ0) is 28.3. The first-order chi connectivity index (χ1) is 17.7. The Balaban J connectivity index is 1.81. The number of hydrogen-bond acceptors (Lipinski definition) is 7. The van der Waals surface area contributed by atoms with Gasteiger partial charge in [-0.15, -0.1) is 0 Å². The van der Waals surface area contributed by atoms with Gasteiger partial charge in [-0.25, -0.2) is 8.78 Å². The largest absolute Gasteiger partial charge is 0.457 e. The van der Waals surface area contributed by atoms with E-state index in [-0.39, 0.29) is 37.7 Å².